The van der Waals surface area contributed by atoms with Gasteiger partial charge in [0.2, 0.25) is 35.4 Å². The molecule has 2 aliphatic heterocycles. The van der Waals surface area contributed by atoms with Gasteiger partial charge >= 0.3 is 0 Å². The zero-order valence-electron chi connectivity index (χ0n) is 46.0. The summed E-state index contributed by atoms with van der Waals surface area (Å²) in [4.78, 5) is 117. The second-order valence-electron chi connectivity index (χ2n) is 23.1. The molecule has 2 saturated heterocycles. The Hall–Kier alpha value is -6.46. The number of carbonyl (C=O) groups excluding carboxylic acids is 8. The second-order valence-corrected chi connectivity index (χ2v) is 23.1. The minimum absolute atomic E-state index is 0.0562. The van der Waals surface area contributed by atoms with E-state index in [4.69, 9.17) is 0 Å². The lowest BCUT2D eigenvalue weighted by Crippen LogP contribution is -2.58. The maximum Gasteiger partial charge on any atom is 0.251 e. The average Bonchev–Trinajstić information content (AvgIpc) is 4.31. The van der Waals surface area contributed by atoms with E-state index in [2.05, 4.69) is 49.4 Å². The van der Waals surface area contributed by atoms with Gasteiger partial charge < -0.3 is 47.0 Å². The van der Waals surface area contributed by atoms with Crippen LogP contribution in [0.3, 0.4) is 0 Å². The lowest BCUT2D eigenvalue weighted by Gasteiger charge is -2.35. The van der Waals surface area contributed by atoms with Gasteiger partial charge in [-0.1, -0.05) is 99.2 Å². The molecule has 3 aromatic carbocycles. The van der Waals surface area contributed by atoms with Crippen LogP contribution in [-0.2, 0) is 41.6 Å². The number of likely N-dealkylation sites (tertiary alicyclic amines) is 2. The van der Waals surface area contributed by atoms with E-state index < -0.39 is 48.2 Å². The van der Waals surface area contributed by atoms with Crippen molar-refractivity contribution in [3.63, 3.8) is 0 Å². The van der Waals surface area contributed by atoms with Gasteiger partial charge in [-0.15, -0.1) is 0 Å². The molecule has 4 aliphatic carbocycles. The van der Waals surface area contributed by atoms with E-state index in [9.17, 15) is 38.4 Å². The van der Waals surface area contributed by atoms with E-state index in [1.54, 1.807) is 62.0 Å². The largest absolute Gasteiger partial charge is 0.347 e. The fraction of sp³-hybridized carbons (Fsp3) is 0.574. The Morgan fingerprint density at radius 3 is 1.46 bits per heavy atom. The molecule has 17 heteroatoms. The Morgan fingerprint density at radius 1 is 0.526 bits per heavy atom. The van der Waals surface area contributed by atoms with Crippen molar-refractivity contribution in [1.29, 1.82) is 0 Å². The number of ketones is 1. The molecule has 7 amide bonds. The summed E-state index contributed by atoms with van der Waals surface area (Å²) in [5, 5.41) is 21.6. The molecule has 418 valence electrons. The van der Waals surface area contributed by atoms with Crippen molar-refractivity contribution in [2.45, 2.75) is 177 Å². The Morgan fingerprint density at radius 2 is 0.974 bits per heavy atom. The van der Waals surface area contributed by atoms with Crippen LogP contribution < -0.4 is 37.2 Å². The molecule has 3 aromatic rings. The summed E-state index contributed by atoms with van der Waals surface area (Å²) in [5.74, 6) is -2.95. The molecular weight excluding hydrogens is 987 g/mol. The van der Waals surface area contributed by atoms with Crippen LogP contribution >= 0.6 is 0 Å². The number of amides is 7. The monoisotopic (exact) mass is 1070 g/mol. The van der Waals surface area contributed by atoms with Gasteiger partial charge in [0.25, 0.3) is 5.91 Å². The van der Waals surface area contributed by atoms with Crippen LogP contribution in [0.5, 0.6) is 0 Å². The average molecular weight is 1070 g/mol. The predicted octanol–water partition coefficient (Wildman–Crippen LogP) is 5.13. The van der Waals surface area contributed by atoms with Gasteiger partial charge in [0.1, 0.15) is 24.2 Å². The van der Waals surface area contributed by atoms with Gasteiger partial charge in [-0.3, -0.25) is 38.4 Å². The molecule has 17 nitrogen and oxygen atoms in total. The molecule has 0 spiro atoms. The normalized spacial score (nSPS) is 24.7. The van der Waals surface area contributed by atoms with Gasteiger partial charge in [0.15, 0.2) is 5.78 Å². The molecule has 1 unspecified atom stereocenters. The lowest BCUT2D eigenvalue weighted by atomic mass is 9.83. The van der Waals surface area contributed by atoms with Gasteiger partial charge in [-0.05, 0) is 144 Å². The Balaban J connectivity index is 0.888. The summed E-state index contributed by atoms with van der Waals surface area (Å²) in [5.41, 5.74) is 5.15. The van der Waals surface area contributed by atoms with Crippen LogP contribution in [0.4, 0.5) is 0 Å². The first-order chi connectivity index (χ1) is 37.7. The van der Waals surface area contributed by atoms with E-state index in [0.717, 1.165) is 101 Å². The van der Waals surface area contributed by atoms with Crippen LogP contribution in [0, 0.1) is 17.8 Å². The SMILES string of the molecule is CN[C@@H](C)C(=O)N[C@H](C(=O)N1C[C@@H](CC(=O)c2ccc(C(=O)N[C@H]3C[C@@H](C(=O)N[C@@H]4CCc5ccccc54)N(C(=O)[C@@H](NC(=O)[C@H](C)NC)C4CCCCC4)C3)cc2)CC1C(=O)N[C@@H]1CCc2ccccc21)C1CCCCC1. The molecule has 2 heterocycles. The number of hydrogen-bond donors (Lipinski definition) is 7. The third-order valence-electron chi connectivity index (χ3n) is 18.1. The van der Waals surface area contributed by atoms with Crippen molar-refractivity contribution < 1.29 is 38.4 Å². The molecular formula is C61H81N9O8. The second kappa shape index (κ2) is 25.6. The van der Waals surface area contributed by atoms with Crippen molar-refractivity contribution in [2.75, 3.05) is 27.2 Å². The van der Waals surface area contributed by atoms with Gasteiger partial charge in [0, 0.05) is 36.7 Å². The quantitative estimate of drug-likeness (QED) is 0.0784. The van der Waals surface area contributed by atoms with E-state index in [-0.39, 0.29) is 103 Å². The maximum absolute atomic E-state index is 14.9. The lowest BCUT2D eigenvalue weighted by molar-refractivity contribution is -0.143. The van der Waals surface area contributed by atoms with Crippen molar-refractivity contribution >= 4 is 47.1 Å². The molecule has 78 heavy (non-hydrogen) atoms. The van der Waals surface area contributed by atoms with Crippen LogP contribution in [0.15, 0.2) is 72.8 Å². The first kappa shape index (κ1) is 56.3. The highest BCUT2D eigenvalue weighted by Gasteiger charge is 2.47. The predicted molar refractivity (Wildman–Crippen MR) is 296 cm³/mol. The molecule has 0 aromatic heterocycles. The molecule has 7 N–H and O–H groups in total. The highest BCUT2D eigenvalue weighted by atomic mass is 16.2. The number of aryl methyl sites for hydroxylation is 2. The Labute approximate surface area is 459 Å². The van der Waals surface area contributed by atoms with E-state index in [0.29, 0.717) is 11.1 Å². The number of benzene rings is 3. The topological polar surface area (TPSA) is 227 Å². The van der Waals surface area contributed by atoms with Crippen molar-refractivity contribution in [3.05, 3.63) is 106 Å². The zero-order chi connectivity index (χ0) is 55.0. The number of likely N-dealkylation sites (N-methyl/N-ethyl adjacent to an activating group) is 2. The van der Waals surface area contributed by atoms with Crippen molar-refractivity contribution in [1.82, 2.24) is 47.0 Å². The molecule has 4 fully saturated rings. The Kier molecular flexibility index (Phi) is 18.4. The molecule has 9 rings (SSSR count). The smallest absolute Gasteiger partial charge is 0.251 e. The minimum Gasteiger partial charge on any atom is -0.347 e. The van der Waals surface area contributed by atoms with Gasteiger partial charge in [0.05, 0.1) is 24.2 Å². The molecule has 0 bridgehead atoms. The van der Waals surface area contributed by atoms with E-state index >= 15 is 0 Å². The third-order valence-corrected chi connectivity index (χ3v) is 18.1. The highest BCUT2D eigenvalue weighted by molar-refractivity contribution is 6.00. The standard InChI is InChI=1S/C61H81N9O8/c1-36(62-3)55(72)67-53(42-17-7-5-8-18-42)60(77)69-34-38(31-50(69)58(75)65-48-29-27-39-15-11-13-21-46(39)48)32-52(71)41-23-25-44(26-24-41)57(74)64-45-33-51(59(76)66-49-30-28-40-16-12-14-22-47(40)49)70(35-45)61(78)54(43-19-9-6-10-20-43)68-56(73)37(2)63-4/h11-16,21-26,36-38,42-43,45,48-51,53-54,62-63H,5-10,17-20,27-35H2,1-4H3,(H,64,74)(H,65,75)(H,66,76)(H,67,72)(H,68,73)/t36-,37-,38+,45-,48+,49+,50?,51-,53-,54-/m0/s1. The van der Waals surface area contributed by atoms with Gasteiger partial charge in [-0.2, -0.15) is 0 Å². The Bertz CT molecular complexity index is 2510. The number of hydrogen-bond acceptors (Lipinski definition) is 10. The number of fused-ring (bicyclic) bond motifs is 2. The van der Waals surface area contributed by atoms with Gasteiger partial charge in [-0.25, -0.2) is 0 Å². The fourth-order valence-electron chi connectivity index (χ4n) is 13.3. The highest BCUT2D eigenvalue weighted by Crippen LogP contribution is 2.37. The fourth-order valence-corrected chi connectivity index (χ4v) is 13.3. The summed E-state index contributed by atoms with van der Waals surface area (Å²) in [6.45, 7) is 3.72. The first-order valence-corrected chi connectivity index (χ1v) is 29.0. The van der Waals surface area contributed by atoms with Crippen LogP contribution in [0.25, 0.3) is 0 Å². The van der Waals surface area contributed by atoms with Crippen LogP contribution in [0.1, 0.15) is 165 Å². The summed E-state index contributed by atoms with van der Waals surface area (Å²) >= 11 is 0. The van der Waals surface area contributed by atoms with E-state index in [1.165, 1.54) is 11.1 Å². The van der Waals surface area contributed by atoms with Crippen LogP contribution in [-0.4, -0.2) is 126 Å². The summed E-state index contributed by atoms with van der Waals surface area (Å²) in [6.07, 6.45) is 12.7. The molecule has 6 aliphatic rings. The number of carbonyl (C=O) groups is 8. The van der Waals surface area contributed by atoms with Crippen molar-refractivity contribution in [3.8, 4) is 0 Å². The maximum atomic E-state index is 14.9. The molecule has 2 saturated carbocycles. The first-order valence-electron chi connectivity index (χ1n) is 29.0. The molecule has 0 radical (unpaired) electrons. The summed E-state index contributed by atoms with van der Waals surface area (Å²) in [7, 11) is 3.39. The van der Waals surface area contributed by atoms with Crippen molar-refractivity contribution in [2.24, 2.45) is 17.8 Å². The van der Waals surface area contributed by atoms with E-state index in [1.807, 2.05) is 36.4 Å². The number of rotatable bonds is 19. The zero-order valence-corrected chi connectivity index (χ0v) is 46.0. The number of nitrogens with zero attached hydrogens (tertiary/aromatic N) is 2. The summed E-state index contributed by atoms with van der Waals surface area (Å²) < 4.78 is 0. The summed E-state index contributed by atoms with van der Waals surface area (Å²) in [6, 6.07) is 17.0. The molecule has 10 atom stereocenters. The van der Waals surface area contributed by atoms with Crippen LogP contribution in [0.2, 0.25) is 0 Å². The number of Topliss-reactive ketones (excluding diaryl/α,β-unsaturated/α-hetero) is 1. The number of nitrogens with one attached hydrogen (secondary N) is 7. The third kappa shape index (κ3) is 12.8. The minimum atomic E-state index is -0.897.